The van der Waals surface area contributed by atoms with E-state index in [9.17, 15) is 0 Å². The summed E-state index contributed by atoms with van der Waals surface area (Å²) in [5.74, 6) is 0.823. The van der Waals surface area contributed by atoms with Crippen LogP contribution in [0.1, 0.15) is 45.1 Å². The van der Waals surface area contributed by atoms with E-state index in [1.165, 1.54) is 50.0 Å². The van der Waals surface area contributed by atoms with Crippen LogP contribution in [0.4, 0.5) is 5.69 Å². The van der Waals surface area contributed by atoms with Crippen LogP contribution in [0.2, 0.25) is 0 Å². The minimum absolute atomic E-state index is 0.823. The van der Waals surface area contributed by atoms with Crippen molar-refractivity contribution in [2.75, 3.05) is 24.5 Å². The van der Waals surface area contributed by atoms with Gasteiger partial charge in [0.15, 0.2) is 0 Å². The molecule has 0 saturated carbocycles. The summed E-state index contributed by atoms with van der Waals surface area (Å²) >= 11 is 0. The summed E-state index contributed by atoms with van der Waals surface area (Å²) in [5, 5.41) is 3.58. The van der Waals surface area contributed by atoms with Gasteiger partial charge in [0.1, 0.15) is 0 Å². The van der Waals surface area contributed by atoms with Crippen molar-refractivity contribution in [3.63, 3.8) is 0 Å². The molecule has 0 unspecified atom stereocenters. The molecule has 1 aromatic carbocycles. The third-order valence-electron chi connectivity index (χ3n) is 4.32. The fourth-order valence-electron chi connectivity index (χ4n) is 2.80. The lowest BCUT2D eigenvalue weighted by molar-refractivity contribution is 0.449. The second kappa shape index (κ2) is 7.54. The molecule has 2 heteroatoms. The first-order chi connectivity index (χ1) is 9.33. The van der Waals surface area contributed by atoms with Crippen molar-refractivity contribution in [1.82, 2.24) is 5.32 Å². The predicted octanol–water partition coefficient (Wildman–Crippen LogP) is 3.81. The molecule has 0 bridgehead atoms. The van der Waals surface area contributed by atoms with Crippen LogP contribution in [-0.2, 0) is 6.54 Å². The molecule has 1 aromatic rings. The Balaban J connectivity index is 1.78. The van der Waals surface area contributed by atoms with Crippen molar-refractivity contribution in [2.45, 2.75) is 46.1 Å². The van der Waals surface area contributed by atoms with E-state index in [-0.39, 0.29) is 0 Å². The number of nitrogens with one attached hydrogen (secondary N) is 1. The summed E-state index contributed by atoms with van der Waals surface area (Å²) in [6.45, 7) is 9.15. The molecular formula is C17H28N2. The lowest BCUT2D eigenvalue weighted by atomic mass is 10.0. The van der Waals surface area contributed by atoms with Gasteiger partial charge in [0.2, 0.25) is 0 Å². The Hall–Kier alpha value is -1.02. The largest absolute Gasteiger partial charge is 0.372 e. The molecule has 0 atom stereocenters. The zero-order valence-corrected chi connectivity index (χ0v) is 12.5. The number of nitrogens with zero attached hydrogens (tertiary/aromatic N) is 1. The fourth-order valence-corrected chi connectivity index (χ4v) is 2.80. The summed E-state index contributed by atoms with van der Waals surface area (Å²) in [6.07, 6.45) is 5.24. The average Bonchev–Trinajstić information content (AvgIpc) is 2.98. The van der Waals surface area contributed by atoms with E-state index in [4.69, 9.17) is 0 Å². The summed E-state index contributed by atoms with van der Waals surface area (Å²) in [7, 11) is 0. The average molecular weight is 260 g/mol. The molecule has 0 radical (unpaired) electrons. The predicted molar refractivity (Wildman–Crippen MR) is 83.7 cm³/mol. The summed E-state index contributed by atoms with van der Waals surface area (Å²) in [6, 6.07) is 9.10. The molecule has 1 aliphatic heterocycles. The lowest BCUT2D eigenvalue weighted by Crippen LogP contribution is -2.22. The highest BCUT2D eigenvalue weighted by Crippen LogP contribution is 2.20. The van der Waals surface area contributed by atoms with Crippen molar-refractivity contribution in [3.05, 3.63) is 29.8 Å². The summed E-state index contributed by atoms with van der Waals surface area (Å²) in [4.78, 5) is 2.49. The SMILES string of the molecule is CCC(CC)CNCc1ccc(N2CCCC2)cc1. The Labute approximate surface area is 118 Å². The molecule has 0 aliphatic carbocycles. The number of hydrogen-bond acceptors (Lipinski definition) is 2. The highest BCUT2D eigenvalue weighted by atomic mass is 15.1. The first kappa shape index (κ1) is 14.4. The van der Waals surface area contributed by atoms with Gasteiger partial charge in [-0.3, -0.25) is 0 Å². The van der Waals surface area contributed by atoms with Crippen LogP contribution in [-0.4, -0.2) is 19.6 Å². The molecule has 19 heavy (non-hydrogen) atoms. The van der Waals surface area contributed by atoms with Gasteiger partial charge in [-0.25, -0.2) is 0 Å². The molecule has 1 aliphatic rings. The van der Waals surface area contributed by atoms with Gasteiger partial charge in [-0.15, -0.1) is 0 Å². The number of anilines is 1. The van der Waals surface area contributed by atoms with E-state index >= 15 is 0 Å². The quantitative estimate of drug-likeness (QED) is 0.802. The highest BCUT2D eigenvalue weighted by Gasteiger charge is 2.11. The highest BCUT2D eigenvalue weighted by molar-refractivity contribution is 5.48. The maximum Gasteiger partial charge on any atom is 0.0366 e. The smallest absolute Gasteiger partial charge is 0.0366 e. The number of hydrogen-bond donors (Lipinski definition) is 1. The zero-order chi connectivity index (χ0) is 13.5. The monoisotopic (exact) mass is 260 g/mol. The van der Waals surface area contributed by atoms with Gasteiger partial charge in [-0.2, -0.15) is 0 Å². The number of benzene rings is 1. The second-order valence-corrected chi connectivity index (χ2v) is 5.67. The minimum Gasteiger partial charge on any atom is -0.372 e. The van der Waals surface area contributed by atoms with Gasteiger partial charge >= 0.3 is 0 Å². The third kappa shape index (κ3) is 4.24. The van der Waals surface area contributed by atoms with Gasteiger partial charge in [-0.05, 0) is 43.0 Å². The van der Waals surface area contributed by atoms with E-state index < -0.39 is 0 Å². The Morgan fingerprint density at radius 1 is 1.05 bits per heavy atom. The van der Waals surface area contributed by atoms with Crippen LogP contribution in [0.5, 0.6) is 0 Å². The van der Waals surface area contributed by atoms with Gasteiger partial charge in [-0.1, -0.05) is 38.8 Å². The zero-order valence-electron chi connectivity index (χ0n) is 12.5. The third-order valence-corrected chi connectivity index (χ3v) is 4.32. The normalized spacial score (nSPS) is 15.4. The van der Waals surface area contributed by atoms with E-state index in [1.54, 1.807) is 0 Å². The summed E-state index contributed by atoms with van der Waals surface area (Å²) < 4.78 is 0. The van der Waals surface area contributed by atoms with Crippen LogP contribution in [0.3, 0.4) is 0 Å². The summed E-state index contributed by atoms with van der Waals surface area (Å²) in [5.41, 5.74) is 2.79. The van der Waals surface area contributed by atoms with Gasteiger partial charge in [0.25, 0.3) is 0 Å². The second-order valence-electron chi connectivity index (χ2n) is 5.67. The van der Waals surface area contributed by atoms with E-state index in [0.717, 1.165) is 19.0 Å². The molecule has 2 nitrogen and oxygen atoms in total. The molecule has 106 valence electrons. The molecule has 0 amide bonds. The van der Waals surface area contributed by atoms with Gasteiger partial charge < -0.3 is 10.2 Å². The van der Waals surface area contributed by atoms with Crippen LogP contribution < -0.4 is 10.2 Å². The molecule has 1 heterocycles. The van der Waals surface area contributed by atoms with Crippen LogP contribution in [0, 0.1) is 5.92 Å². The Kier molecular flexibility index (Phi) is 5.71. The van der Waals surface area contributed by atoms with Crippen LogP contribution >= 0.6 is 0 Å². The first-order valence-electron chi connectivity index (χ1n) is 7.88. The van der Waals surface area contributed by atoms with Gasteiger partial charge in [0.05, 0.1) is 0 Å². The fraction of sp³-hybridized carbons (Fsp3) is 0.647. The van der Waals surface area contributed by atoms with E-state index in [2.05, 4.69) is 48.3 Å². The maximum atomic E-state index is 3.58. The Morgan fingerprint density at radius 2 is 1.68 bits per heavy atom. The molecular weight excluding hydrogens is 232 g/mol. The van der Waals surface area contributed by atoms with E-state index in [0.29, 0.717) is 0 Å². The molecule has 1 N–H and O–H groups in total. The topological polar surface area (TPSA) is 15.3 Å². The molecule has 1 fully saturated rings. The molecule has 0 spiro atoms. The van der Waals surface area contributed by atoms with Crippen molar-refractivity contribution < 1.29 is 0 Å². The molecule has 2 rings (SSSR count). The van der Waals surface area contributed by atoms with Crippen molar-refractivity contribution >= 4 is 5.69 Å². The van der Waals surface area contributed by atoms with Crippen molar-refractivity contribution in [2.24, 2.45) is 5.92 Å². The molecule has 1 saturated heterocycles. The maximum absolute atomic E-state index is 3.58. The van der Waals surface area contributed by atoms with Gasteiger partial charge in [0, 0.05) is 25.3 Å². The van der Waals surface area contributed by atoms with Crippen LogP contribution in [0.15, 0.2) is 24.3 Å². The Morgan fingerprint density at radius 3 is 2.26 bits per heavy atom. The minimum atomic E-state index is 0.823. The Bertz CT molecular complexity index is 348. The van der Waals surface area contributed by atoms with Crippen LogP contribution in [0.25, 0.3) is 0 Å². The van der Waals surface area contributed by atoms with E-state index in [1.807, 2.05) is 0 Å². The van der Waals surface area contributed by atoms with Crippen molar-refractivity contribution in [3.8, 4) is 0 Å². The van der Waals surface area contributed by atoms with Crippen molar-refractivity contribution in [1.29, 1.82) is 0 Å². The lowest BCUT2D eigenvalue weighted by Gasteiger charge is -2.18. The molecule has 0 aromatic heterocycles. The first-order valence-corrected chi connectivity index (χ1v) is 7.88. The standard InChI is InChI=1S/C17H28N2/c1-3-15(4-2)13-18-14-16-7-9-17(10-8-16)19-11-5-6-12-19/h7-10,15,18H,3-6,11-14H2,1-2H3. The number of rotatable bonds is 7.